The molecule has 0 fully saturated rings. The van der Waals surface area contributed by atoms with Crippen LogP contribution >= 0.6 is 15.9 Å². The van der Waals surface area contributed by atoms with Gasteiger partial charge in [-0.2, -0.15) is 0 Å². The van der Waals surface area contributed by atoms with E-state index in [0.717, 1.165) is 6.07 Å². The molecule has 0 spiro atoms. The lowest BCUT2D eigenvalue weighted by molar-refractivity contribution is -0.384. The highest BCUT2D eigenvalue weighted by Crippen LogP contribution is 2.25. The van der Waals surface area contributed by atoms with Crippen LogP contribution in [0.15, 0.2) is 82.2 Å². The van der Waals surface area contributed by atoms with E-state index < -0.39 is 20.9 Å². The standard InChI is InChI=1S/C19H14BrN3O5S/c20-18-10-9-16(12-17(18)19(24)21-13-5-2-1-3-6-13)29(27,28)22-14-7-4-8-15(11-14)23(25)26/h1-12,22H,(H,21,24). The summed E-state index contributed by atoms with van der Waals surface area (Å²) in [5, 5.41) is 13.6. The fourth-order valence-corrected chi connectivity index (χ4v) is 3.96. The first-order valence-electron chi connectivity index (χ1n) is 8.19. The van der Waals surface area contributed by atoms with Gasteiger partial charge in [-0.15, -0.1) is 0 Å². The maximum Gasteiger partial charge on any atom is 0.271 e. The topological polar surface area (TPSA) is 118 Å². The fraction of sp³-hybridized carbons (Fsp3) is 0. The lowest BCUT2D eigenvalue weighted by Gasteiger charge is -2.11. The summed E-state index contributed by atoms with van der Waals surface area (Å²) in [7, 11) is -4.07. The van der Waals surface area contributed by atoms with Crippen LogP contribution in [0.3, 0.4) is 0 Å². The molecule has 1 amide bonds. The Morgan fingerprint density at radius 1 is 0.931 bits per heavy atom. The number of hydrogen-bond donors (Lipinski definition) is 2. The van der Waals surface area contributed by atoms with Gasteiger partial charge in [0.1, 0.15) is 0 Å². The highest BCUT2D eigenvalue weighted by molar-refractivity contribution is 9.10. The van der Waals surface area contributed by atoms with Crippen LogP contribution in [0.4, 0.5) is 17.1 Å². The number of anilines is 2. The lowest BCUT2D eigenvalue weighted by atomic mass is 10.2. The summed E-state index contributed by atoms with van der Waals surface area (Å²) in [5.74, 6) is -0.490. The molecule has 10 heteroatoms. The molecule has 0 heterocycles. The van der Waals surface area contributed by atoms with Crippen molar-refractivity contribution in [3.63, 3.8) is 0 Å². The smallest absolute Gasteiger partial charge is 0.271 e. The van der Waals surface area contributed by atoms with E-state index in [1.54, 1.807) is 30.3 Å². The van der Waals surface area contributed by atoms with E-state index in [1.807, 2.05) is 0 Å². The number of benzene rings is 3. The zero-order valence-electron chi connectivity index (χ0n) is 14.7. The van der Waals surface area contributed by atoms with E-state index in [2.05, 4.69) is 26.0 Å². The number of nitrogens with one attached hydrogen (secondary N) is 2. The summed E-state index contributed by atoms with van der Waals surface area (Å²) in [6, 6.07) is 17.9. The third kappa shape index (κ3) is 4.98. The maximum absolute atomic E-state index is 12.7. The van der Waals surface area contributed by atoms with Gasteiger partial charge in [0.05, 0.1) is 21.1 Å². The number of halogens is 1. The number of nitro benzene ring substituents is 1. The van der Waals surface area contributed by atoms with Crippen LogP contribution in [0.25, 0.3) is 0 Å². The number of nitrogens with zero attached hydrogens (tertiary/aromatic N) is 1. The van der Waals surface area contributed by atoms with Crippen molar-refractivity contribution in [3.05, 3.63) is 92.9 Å². The van der Waals surface area contributed by atoms with Gasteiger partial charge in [0.15, 0.2) is 0 Å². The van der Waals surface area contributed by atoms with Crippen LogP contribution in [-0.2, 0) is 10.0 Å². The summed E-state index contributed by atoms with van der Waals surface area (Å²) >= 11 is 3.25. The third-order valence-electron chi connectivity index (χ3n) is 3.83. The Labute approximate surface area is 174 Å². The number of rotatable bonds is 6. The Morgan fingerprint density at radius 2 is 1.62 bits per heavy atom. The molecule has 8 nitrogen and oxygen atoms in total. The number of sulfonamides is 1. The lowest BCUT2D eigenvalue weighted by Crippen LogP contribution is -2.16. The summed E-state index contributed by atoms with van der Waals surface area (Å²) in [6.45, 7) is 0. The Hall–Kier alpha value is -3.24. The molecule has 0 atom stereocenters. The first-order chi connectivity index (χ1) is 13.8. The van der Waals surface area contributed by atoms with Gasteiger partial charge in [-0.1, -0.05) is 24.3 Å². The third-order valence-corrected chi connectivity index (χ3v) is 5.90. The van der Waals surface area contributed by atoms with Gasteiger partial charge in [-0.3, -0.25) is 19.6 Å². The van der Waals surface area contributed by atoms with E-state index in [0.29, 0.717) is 10.2 Å². The Balaban J connectivity index is 1.88. The van der Waals surface area contributed by atoms with Gasteiger partial charge >= 0.3 is 0 Å². The number of carbonyl (C=O) groups excluding carboxylic acids is 1. The first kappa shape index (κ1) is 20.5. The molecule has 0 aliphatic carbocycles. The molecule has 148 valence electrons. The van der Waals surface area contributed by atoms with Crippen LogP contribution in [0.1, 0.15) is 10.4 Å². The van der Waals surface area contributed by atoms with E-state index >= 15 is 0 Å². The molecule has 3 aromatic carbocycles. The second-order valence-corrected chi connectivity index (χ2v) is 8.41. The zero-order valence-corrected chi connectivity index (χ0v) is 17.1. The second-order valence-electron chi connectivity index (χ2n) is 5.87. The molecule has 29 heavy (non-hydrogen) atoms. The molecule has 0 radical (unpaired) electrons. The zero-order chi connectivity index (χ0) is 21.0. The molecular formula is C19H14BrN3O5S. The molecule has 0 unspecified atom stereocenters. The summed E-state index contributed by atoms with van der Waals surface area (Å²) in [6.07, 6.45) is 0. The monoisotopic (exact) mass is 475 g/mol. The van der Waals surface area contributed by atoms with Gasteiger partial charge in [0.25, 0.3) is 21.6 Å². The minimum absolute atomic E-state index is 0.0393. The van der Waals surface area contributed by atoms with Crippen molar-refractivity contribution in [2.24, 2.45) is 0 Å². The van der Waals surface area contributed by atoms with Crippen molar-refractivity contribution in [1.82, 2.24) is 0 Å². The van der Waals surface area contributed by atoms with Crippen LogP contribution in [0, 0.1) is 10.1 Å². The van der Waals surface area contributed by atoms with Gasteiger partial charge in [-0.05, 0) is 52.3 Å². The van der Waals surface area contributed by atoms with E-state index in [-0.39, 0.29) is 21.8 Å². The van der Waals surface area contributed by atoms with Gasteiger partial charge in [0.2, 0.25) is 0 Å². The average molecular weight is 476 g/mol. The number of para-hydroxylation sites is 1. The van der Waals surface area contributed by atoms with Crippen molar-refractivity contribution >= 4 is 48.9 Å². The molecule has 0 bridgehead atoms. The predicted octanol–water partition coefficient (Wildman–Crippen LogP) is 4.41. The van der Waals surface area contributed by atoms with E-state index in [1.165, 1.54) is 36.4 Å². The number of amides is 1. The molecule has 0 aliphatic rings. The van der Waals surface area contributed by atoms with Gasteiger partial charge < -0.3 is 5.32 Å². The SMILES string of the molecule is O=C(Nc1ccccc1)c1cc(S(=O)(=O)Nc2cccc([N+](=O)[O-])c2)ccc1Br. The minimum atomic E-state index is -4.07. The molecule has 0 aliphatic heterocycles. The molecule has 3 rings (SSSR count). The van der Waals surface area contributed by atoms with Crippen molar-refractivity contribution < 1.29 is 18.1 Å². The number of nitro groups is 1. The molecule has 0 saturated carbocycles. The van der Waals surface area contributed by atoms with E-state index in [9.17, 15) is 23.3 Å². The van der Waals surface area contributed by atoms with Crippen LogP contribution in [0.2, 0.25) is 0 Å². The molecule has 3 aromatic rings. The van der Waals surface area contributed by atoms with Crippen LogP contribution in [0.5, 0.6) is 0 Å². The number of hydrogen-bond acceptors (Lipinski definition) is 5. The fourth-order valence-electron chi connectivity index (χ4n) is 2.46. The van der Waals surface area contributed by atoms with Crippen LogP contribution < -0.4 is 10.0 Å². The van der Waals surface area contributed by atoms with E-state index in [4.69, 9.17) is 0 Å². The normalized spacial score (nSPS) is 10.9. The quantitative estimate of drug-likeness (QED) is 0.404. The largest absolute Gasteiger partial charge is 0.322 e. The average Bonchev–Trinajstić information content (AvgIpc) is 2.68. The summed E-state index contributed by atoms with van der Waals surface area (Å²) in [4.78, 5) is 22.7. The Morgan fingerprint density at radius 3 is 2.31 bits per heavy atom. The Bertz CT molecular complexity index is 1180. The maximum atomic E-state index is 12.7. The molecular weight excluding hydrogens is 462 g/mol. The second kappa shape index (κ2) is 8.41. The van der Waals surface area contributed by atoms with Crippen molar-refractivity contribution in [1.29, 1.82) is 0 Å². The summed E-state index contributed by atoms with van der Waals surface area (Å²) in [5.41, 5.74) is 0.476. The van der Waals surface area contributed by atoms with Crippen molar-refractivity contribution in [3.8, 4) is 0 Å². The first-order valence-corrected chi connectivity index (χ1v) is 10.5. The van der Waals surface area contributed by atoms with Crippen molar-refractivity contribution in [2.45, 2.75) is 4.90 Å². The minimum Gasteiger partial charge on any atom is -0.322 e. The van der Waals surface area contributed by atoms with Gasteiger partial charge in [-0.25, -0.2) is 8.42 Å². The molecule has 0 saturated heterocycles. The predicted molar refractivity (Wildman–Crippen MR) is 112 cm³/mol. The van der Waals surface area contributed by atoms with Crippen LogP contribution in [-0.4, -0.2) is 19.2 Å². The summed E-state index contributed by atoms with van der Waals surface area (Å²) < 4.78 is 28.1. The number of non-ortho nitro benzene ring substituents is 1. The Kier molecular flexibility index (Phi) is 5.95. The molecule has 0 aromatic heterocycles. The van der Waals surface area contributed by atoms with Crippen molar-refractivity contribution in [2.75, 3.05) is 10.0 Å². The highest BCUT2D eigenvalue weighted by Gasteiger charge is 2.20. The molecule has 2 N–H and O–H groups in total. The highest BCUT2D eigenvalue weighted by atomic mass is 79.9. The van der Waals surface area contributed by atoms with Gasteiger partial charge in [0, 0.05) is 22.3 Å². The number of carbonyl (C=O) groups is 1.